The molecule has 270 valence electrons. The van der Waals surface area contributed by atoms with Gasteiger partial charge in [0.05, 0.1) is 31.1 Å². The van der Waals surface area contributed by atoms with Crippen LogP contribution >= 0.6 is 11.8 Å². The molecular formula is C32H46N6O9S2. The predicted octanol–water partition coefficient (Wildman–Crippen LogP) is 5.01. The minimum atomic E-state index is -4.37. The third-order valence-electron chi connectivity index (χ3n) is 7.02. The predicted molar refractivity (Wildman–Crippen MR) is 187 cm³/mol. The van der Waals surface area contributed by atoms with Crippen LogP contribution in [0.4, 0.5) is 10.7 Å². The van der Waals surface area contributed by atoms with Crippen molar-refractivity contribution in [3.05, 3.63) is 47.0 Å². The number of carbonyl (C=O) groups excluding carboxylic acids is 3. The van der Waals surface area contributed by atoms with Gasteiger partial charge < -0.3 is 19.4 Å². The molecule has 0 saturated heterocycles. The number of hydrogen-bond donors (Lipinski definition) is 2. The van der Waals surface area contributed by atoms with Gasteiger partial charge in [-0.15, -0.1) is 0 Å². The fourth-order valence-corrected chi connectivity index (χ4v) is 7.03. The number of aromatic nitrogens is 3. The topological polar surface area (TPSA) is 200 Å². The van der Waals surface area contributed by atoms with Gasteiger partial charge in [0.2, 0.25) is 5.95 Å². The number of allylic oxidation sites excluding steroid dienone is 2. The molecule has 2 aromatic rings. The molecule has 1 aliphatic carbocycles. The molecule has 15 nitrogen and oxygen atoms in total. The smallest absolute Gasteiger partial charge is 0.339 e. The number of ether oxygens (including phenoxy) is 2. The van der Waals surface area contributed by atoms with Crippen molar-refractivity contribution in [2.75, 3.05) is 38.5 Å². The van der Waals surface area contributed by atoms with Crippen LogP contribution in [0.15, 0.2) is 45.6 Å². The highest BCUT2D eigenvalue weighted by molar-refractivity contribution is 7.99. The number of hydrogen-bond acceptors (Lipinski definition) is 14. The van der Waals surface area contributed by atoms with E-state index in [1.807, 2.05) is 30.3 Å². The van der Waals surface area contributed by atoms with Gasteiger partial charge in [-0.3, -0.25) is 9.69 Å². The van der Waals surface area contributed by atoms with Gasteiger partial charge in [0, 0.05) is 25.1 Å². The number of esters is 1. The lowest BCUT2D eigenvalue weighted by molar-refractivity contribution is -0.116. The Hall–Kier alpha value is -4.25. The molecule has 1 aromatic carbocycles. The van der Waals surface area contributed by atoms with Crippen LogP contribution in [0.1, 0.15) is 76.0 Å². The number of benzene rings is 1. The van der Waals surface area contributed by atoms with E-state index in [9.17, 15) is 27.9 Å². The van der Waals surface area contributed by atoms with Crippen LogP contribution in [0.3, 0.4) is 0 Å². The van der Waals surface area contributed by atoms with Gasteiger partial charge in [0.15, 0.2) is 5.78 Å². The van der Waals surface area contributed by atoms with E-state index in [4.69, 9.17) is 9.57 Å². The Morgan fingerprint density at radius 3 is 2.43 bits per heavy atom. The fourth-order valence-electron chi connectivity index (χ4n) is 4.88. The third kappa shape index (κ3) is 12.0. The molecule has 3 rings (SSSR count). The van der Waals surface area contributed by atoms with Crippen molar-refractivity contribution in [1.29, 1.82) is 0 Å². The lowest BCUT2D eigenvalue weighted by Crippen LogP contribution is -2.42. The molecule has 2 unspecified atom stereocenters. The normalized spacial score (nSPS) is 15.5. The molecule has 2 atom stereocenters. The van der Waals surface area contributed by atoms with Gasteiger partial charge in [0.1, 0.15) is 23.1 Å². The van der Waals surface area contributed by atoms with E-state index in [2.05, 4.69) is 38.7 Å². The average molecular weight is 723 g/mol. The molecule has 1 aliphatic rings. The van der Waals surface area contributed by atoms with Crippen molar-refractivity contribution < 1.29 is 42.2 Å². The summed E-state index contributed by atoms with van der Waals surface area (Å²) < 4.78 is 36.5. The number of methoxy groups -OCH3 is 2. The minimum Gasteiger partial charge on any atom is -0.511 e. The number of sulfonamides is 1. The summed E-state index contributed by atoms with van der Waals surface area (Å²) in [4.78, 5) is 53.9. The number of urea groups is 1. The second-order valence-corrected chi connectivity index (χ2v) is 14.2. The quantitative estimate of drug-likeness (QED) is 0.150. The zero-order valence-electron chi connectivity index (χ0n) is 29.2. The van der Waals surface area contributed by atoms with Crippen LogP contribution in [0, 0.1) is 12.8 Å². The molecular weight excluding hydrogens is 677 g/mol. The number of amides is 2. The van der Waals surface area contributed by atoms with Crippen molar-refractivity contribution in [3.63, 3.8) is 0 Å². The Bertz CT molecular complexity index is 1630. The first-order valence-electron chi connectivity index (χ1n) is 15.7. The maximum Gasteiger partial charge on any atom is 0.339 e. The highest BCUT2D eigenvalue weighted by atomic mass is 32.2. The fraction of sp³-hybridized carbons (Fsp3) is 0.531. The number of nitrogens with one attached hydrogen (secondary N) is 1. The molecule has 17 heteroatoms. The number of anilines is 1. The number of nitrogens with zero attached hydrogens (tertiary/aromatic N) is 5. The van der Waals surface area contributed by atoms with Crippen LogP contribution < -0.4 is 14.4 Å². The molecule has 0 bridgehead atoms. The van der Waals surface area contributed by atoms with Gasteiger partial charge >= 0.3 is 18.0 Å². The van der Waals surface area contributed by atoms with E-state index < -0.39 is 26.9 Å². The molecule has 2 amide bonds. The number of rotatable bonds is 14. The zero-order valence-corrected chi connectivity index (χ0v) is 30.8. The Kier molecular flexibility index (Phi) is 16.4. The summed E-state index contributed by atoms with van der Waals surface area (Å²) in [6.45, 7) is 10.2. The number of thioether (sulfide) groups is 1. The summed E-state index contributed by atoms with van der Waals surface area (Å²) in [5, 5.41) is 14.9. The minimum absolute atomic E-state index is 0.00866. The Morgan fingerprint density at radius 1 is 1.14 bits per heavy atom. The van der Waals surface area contributed by atoms with Gasteiger partial charge in [-0.1, -0.05) is 44.5 Å². The number of oxime groups is 1. The Morgan fingerprint density at radius 2 is 1.84 bits per heavy atom. The van der Waals surface area contributed by atoms with Crippen LogP contribution in [-0.4, -0.2) is 90.8 Å². The average Bonchev–Trinajstić information content (AvgIpc) is 3.06. The van der Waals surface area contributed by atoms with E-state index in [1.54, 1.807) is 6.92 Å². The van der Waals surface area contributed by atoms with Crippen molar-refractivity contribution in [2.45, 2.75) is 76.9 Å². The van der Waals surface area contributed by atoms with Crippen molar-refractivity contribution in [1.82, 2.24) is 19.7 Å². The number of carbonyl (C=O) groups is 3. The van der Waals surface area contributed by atoms with Crippen LogP contribution in [0.2, 0.25) is 0 Å². The highest BCUT2D eigenvalue weighted by Crippen LogP contribution is 2.33. The summed E-state index contributed by atoms with van der Waals surface area (Å²) in [6.07, 6.45) is 3.56. The van der Waals surface area contributed by atoms with E-state index in [0.717, 1.165) is 30.6 Å². The number of aryl methyl sites for hydroxylation is 1. The molecule has 0 aliphatic heterocycles. The van der Waals surface area contributed by atoms with Gasteiger partial charge in [-0.05, 0) is 50.5 Å². The lowest BCUT2D eigenvalue weighted by atomic mass is 9.82. The number of aliphatic hydroxyl groups excluding tert-OH is 1. The largest absolute Gasteiger partial charge is 0.511 e. The summed E-state index contributed by atoms with van der Waals surface area (Å²) in [5.41, 5.74) is 0.796. The first-order valence-corrected chi connectivity index (χ1v) is 18.3. The molecule has 0 spiro atoms. The van der Waals surface area contributed by atoms with E-state index in [1.165, 1.54) is 38.4 Å². The highest BCUT2D eigenvalue weighted by Gasteiger charge is 2.31. The van der Waals surface area contributed by atoms with Crippen molar-refractivity contribution >= 4 is 51.2 Å². The molecule has 1 aromatic heterocycles. The maximum atomic E-state index is 12.6. The Labute approximate surface area is 292 Å². The monoisotopic (exact) mass is 722 g/mol. The Balaban J connectivity index is 0.000000348. The van der Waals surface area contributed by atoms with E-state index in [-0.39, 0.29) is 40.8 Å². The summed E-state index contributed by atoms with van der Waals surface area (Å²) in [7, 11) is -0.640. The van der Waals surface area contributed by atoms with Crippen molar-refractivity contribution in [3.8, 4) is 6.01 Å². The standard InChI is InChI=1S/C17H29NO3S.C15H17N5O6S/c1-5-8-14(18-21-6-2)17-15(19)10-13(11-16(17)20)9-12(4)22-7-3;1-9-16-13(18-14(17-9)26-4)20(2)15(22)19-27(23,24)11-8-6-5-7-10(11)12(21)25-3/h12-13,19H,5-11H2,1-4H3;5-8H,1-4H3,(H,19,22). The summed E-state index contributed by atoms with van der Waals surface area (Å²) >= 11 is 1.90. The molecule has 0 radical (unpaired) electrons. The molecule has 49 heavy (non-hydrogen) atoms. The lowest BCUT2D eigenvalue weighted by Gasteiger charge is -2.25. The van der Waals surface area contributed by atoms with Crippen LogP contribution in [-0.2, 0) is 24.4 Å². The van der Waals surface area contributed by atoms with Crippen molar-refractivity contribution in [2.24, 2.45) is 11.1 Å². The summed E-state index contributed by atoms with van der Waals surface area (Å²) in [5.74, 6) is 0.825. The van der Waals surface area contributed by atoms with Gasteiger partial charge in [-0.25, -0.2) is 22.7 Å². The van der Waals surface area contributed by atoms with Gasteiger partial charge in [-0.2, -0.15) is 26.7 Å². The number of ketones is 1. The number of aliphatic hydroxyl groups is 1. The second-order valence-electron chi connectivity index (χ2n) is 10.9. The maximum absolute atomic E-state index is 12.6. The molecule has 0 fully saturated rings. The first-order chi connectivity index (χ1) is 23.2. The van der Waals surface area contributed by atoms with E-state index >= 15 is 0 Å². The van der Waals surface area contributed by atoms with E-state index in [0.29, 0.717) is 42.4 Å². The second kappa shape index (κ2) is 19.7. The molecule has 0 saturated carbocycles. The third-order valence-corrected chi connectivity index (χ3v) is 9.50. The zero-order chi connectivity index (χ0) is 36.7. The molecule has 1 heterocycles. The van der Waals surface area contributed by atoms with Crippen LogP contribution in [0.5, 0.6) is 6.01 Å². The first kappa shape index (κ1) is 40.9. The van der Waals surface area contributed by atoms with Crippen LogP contribution in [0.25, 0.3) is 0 Å². The summed E-state index contributed by atoms with van der Waals surface area (Å²) in [6, 6.07) is 4.26. The SMILES string of the molecule is CCCC(=NOCC)C1=C(O)CC(CC(C)SCC)CC1=O.COC(=O)c1ccccc1S(=O)(=O)NC(=O)N(C)c1nc(C)nc(OC)n1. The molecule has 2 N–H and O–H groups in total. The number of Topliss-reactive ketones (excluding diaryl/α,β-unsaturated/α-hetero) is 1. The van der Waals surface area contributed by atoms with Gasteiger partial charge in [0.25, 0.3) is 10.0 Å².